The van der Waals surface area contributed by atoms with Crippen LogP contribution in [-0.2, 0) is 4.79 Å². The summed E-state index contributed by atoms with van der Waals surface area (Å²) in [6, 6.07) is 8.98. The molecule has 2 N–H and O–H groups in total. The number of para-hydroxylation sites is 1. The molecule has 5 heteroatoms. The van der Waals surface area contributed by atoms with Crippen LogP contribution in [0.15, 0.2) is 30.3 Å². The van der Waals surface area contributed by atoms with Crippen molar-refractivity contribution in [2.24, 2.45) is 5.92 Å². The Balaban J connectivity index is 1.69. The fraction of sp³-hybridized carbons (Fsp3) is 0.500. The molecular formula is C16H22N2O3. The smallest absolute Gasteiger partial charge is 0.410 e. The van der Waals surface area contributed by atoms with Gasteiger partial charge in [0, 0.05) is 6.04 Å². The molecule has 1 aliphatic carbocycles. The molecule has 0 radical (unpaired) electrons. The van der Waals surface area contributed by atoms with Gasteiger partial charge in [-0.2, -0.15) is 0 Å². The standard InChI is InChI=1S/C16H22N2O3/c1-12-7-5-6-10-14(12)18-15(19)11-17-16(20)21-13-8-3-2-4-9-13/h2-4,8-9,12,14H,5-7,10-11H2,1H3,(H,17,20)(H,18,19)/t12-,14-/m1/s1. The highest BCUT2D eigenvalue weighted by Gasteiger charge is 2.22. The van der Waals surface area contributed by atoms with Gasteiger partial charge in [0.05, 0.1) is 0 Å². The van der Waals surface area contributed by atoms with Crippen LogP contribution in [0, 0.1) is 5.92 Å². The monoisotopic (exact) mass is 290 g/mol. The molecule has 1 aromatic carbocycles. The molecule has 0 aromatic heterocycles. The summed E-state index contributed by atoms with van der Waals surface area (Å²) in [5, 5.41) is 5.44. The molecule has 0 bridgehead atoms. The summed E-state index contributed by atoms with van der Waals surface area (Å²) >= 11 is 0. The Morgan fingerprint density at radius 3 is 2.62 bits per heavy atom. The number of amides is 2. The largest absolute Gasteiger partial charge is 0.413 e. The Morgan fingerprint density at radius 1 is 1.19 bits per heavy atom. The van der Waals surface area contributed by atoms with E-state index in [1.54, 1.807) is 24.3 Å². The van der Waals surface area contributed by atoms with Crippen LogP contribution in [0.2, 0.25) is 0 Å². The van der Waals surface area contributed by atoms with E-state index < -0.39 is 6.09 Å². The van der Waals surface area contributed by atoms with Gasteiger partial charge >= 0.3 is 6.09 Å². The van der Waals surface area contributed by atoms with Crippen molar-refractivity contribution in [2.45, 2.75) is 38.6 Å². The number of carbonyl (C=O) groups is 2. The SMILES string of the molecule is C[C@@H]1CCCC[C@H]1NC(=O)CNC(=O)Oc1ccccc1. The maximum absolute atomic E-state index is 11.8. The first-order chi connectivity index (χ1) is 10.1. The molecule has 2 amide bonds. The van der Waals surface area contributed by atoms with Crippen molar-refractivity contribution in [3.8, 4) is 5.75 Å². The minimum atomic E-state index is -0.618. The molecular weight excluding hydrogens is 268 g/mol. The molecule has 1 aromatic rings. The highest BCUT2D eigenvalue weighted by atomic mass is 16.6. The van der Waals surface area contributed by atoms with Gasteiger partial charge in [-0.1, -0.05) is 38.0 Å². The quantitative estimate of drug-likeness (QED) is 0.895. The summed E-state index contributed by atoms with van der Waals surface area (Å²) in [5.41, 5.74) is 0. The second-order valence-electron chi connectivity index (χ2n) is 5.49. The fourth-order valence-corrected chi connectivity index (χ4v) is 2.57. The molecule has 2 rings (SSSR count). The van der Waals surface area contributed by atoms with Crippen molar-refractivity contribution in [2.75, 3.05) is 6.54 Å². The van der Waals surface area contributed by atoms with E-state index in [4.69, 9.17) is 4.74 Å². The van der Waals surface area contributed by atoms with Gasteiger partial charge in [0.1, 0.15) is 12.3 Å². The Morgan fingerprint density at radius 2 is 1.90 bits per heavy atom. The van der Waals surface area contributed by atoms with Crippen molar-refractivity contribution in [3.05, 3.63) is 30.3 Å². The number of rotatable bonds is 4. The molecule has 5 nitrogen and oxygen atoms in total. The van der Waals surface area contributed by atoms with Crippen LogP contribution >= 0.6 is 0 Å². The van der Waals surface area contributed by atoms with E-state index in [1.807, 2.05) is 6.07 Å². The van der Waals surface area contributed by atoms with E-state index in [9.17, 15) is 9.59 Å². The second kappa shape index (κ2) is 7.67. The molecule has 1 fully saturated rings. The van der Waals surface area contributed by atoms with Gasteiger partial charge in [0.25, 0.3) is 0 Å². The predicted octanol–water partition coefficient (Wildman–Crippen LogP) is 2.47. The third-order valence-corrected chi connectivity index (χ3v) is 3.80. The van der Waals surface area contributed by atoms with E-state index in [2.05, 4.69) is 17.6 Å². The van der Waals surface area contributed by atoms with Crippen molar-refractivity contribution in [1.82, 2.24) is 10.6 Å². The van der Waals surface area contributed by atoms with Gasteiger partial charge in [-0.15, -0.1) is 0 Å². The minimum Gasteiger partial charge on any atom is -0.410 e. The summed E-state index contributed by atoms with van der Waals surface area (Å²) in [7, 11) is 0. The van der Waals surface area contributed by atoms with E-state index in [0.717, 1.165) is 19.3 Å². The van der Waals surface area contributed by atoms with Crippen LogP contribution in [0.3, 0.4) is 0 Å². The van der Waals surface area contributed by atoms with Crippen molar-refractivity contribution < 1.29 is 14.3 Å². The fourth-order valence-electron chi connectivity index (χ4n) is 2.57. The highest BCUT2D eigenvalue weighted by molar-refractivity contribution is 5.82. The van der Waals surface area contributed by atoms with Gasteiger partial charge in [0.15, 0.2) is 0 Å². The van der Waals surface area contributed by atoms with E-state index in [0.29, 0.717) is 11.7 Å². The lowest BCUT2D eigenvalue weighted by atomic mass is 9.86. The van der Waals surface area contributed by atoms with Gasteiger partial charge < -0.3 is 15.4 Å². The summed E-state index contributed by atoms with van der Waals surface area (Å²) in [4.78, 5) is 23.4. The molecule has 0 aliphatic heterocycles. The topological polar surface area (TPSA) is 67.4 Å². The van der Waals surface area contributed by atoms with Crippen molar-refractivity contribution in [3.63, 3.8) is 0 Å². The lowest BCUT2D eigenvalue weighted by Crippen LogP contribution is -2.46. The van der Waals surface area contributed by atoms with E-state index in [-0.39, 0.29) is 18.5 Å². The first-order valence-corrected chi connectivity index (χ1v) is 7.45. The molecule has 2 atom stereocenters. The molecule has 1 saturated carbocycles. The van der Waals surface area contributed by atoms with E-state index in [1.165, 1.54) is 6.42 Å². The van der Waals surface area contributed by atoms with Crippen LogP contribution in [0.4, 0.5) is 4.79 Å². The molecule has 21 heavy (non-hydrogen) atoms. The molecule has 0 spiro atoms. The molecule has 0 heterocycles. The summed E-state index contributed by atoms with van der Waals surface area (Å²) < 4.78 is 5.05. The molecule has 0 unspecified atom stereocenters. The molecule has 1 aliphatic rings. The Kier molecular flexibility index (Phi) is 5.60. The average molecular weight is 290 g/mol. The number of hydrogen-bond donors (Lipinski definition) is 2. The summed E-state index contributed by atoms with van der Waals surface area (Å²) in [5.74, 6) is 0.786. The zero-order valence-electron chi connectivity index (χ0n) is 12.3. The van der Waals surface area contributed by atoms with Crippen LogP contribution in [0.5, 0.6) is 5.75 Å². The lowest BCUT2D eigenvalue weighted by Gasteiger charge is -2.29. The van der Waals surface area contributed by atoms with E-state index >= 15 is 0 Å². The van der Waals surface area contributed by atoms with Crippen LogP contribution in [-0.4, -0.2) is 24.6 Å². The average Bonchev–Trinajstić information content (AvgIpc) is 2.49. The van der Waals surface area contributed by atoms with Gasteiger partial charge in [-0.05, 0) is 30.9 Å². The second-order valence-corrected chi connectivity index (χ2v) is 5.49. The van der Waals surface area contributed by atoms with Crippen LogP contribution in [0.25, 0.3) is 0 Å². The maximum atomic E-state index is 11.8. The summed E-state index contributed by atoms with van der Waals surface area (Å²) in [6.07, 6.45) is 3.93. The zero-order valence-corrected chi connectivity index (χ0v) is 12.3. The van der Waals surface area contributed by atoms with Crippen LogP contribution in [0.1, 0.15) is 32.6 Å². The number of hydrogen-bond acceptors (Lipinski definition) is 3. The minimum absolute atomic E-state index is 0.0606. The third-order valence-electron chi connectivity index (χ3n) is 3.80. The summed E-state index contributed by atoms with van der Waals surface area (Å²) in [6.45, 7) is 2.09. The third kappa shape index (κ3) is 5.10. The Bertz CT molecular complexity index is 476. The number of nitrogens with one attached hydrogen (secondary N) is 2. The molecule has 114 valence electrons. The molecule has 0 saturated heterocycles. The maximum Gasteiger partial charge on any atom is 0.413 e. The Labute approximate surface area is 125 Å². The van der Waals surface area contributed by atoms with Crippen LogP contribution < -0.4 is 15.4 Å². The normalized spacial score (nSPS) is 21.4. The number of benzene rings is 1. The predicted molar refractivity (Wildman–Crippen MR) is 80.0 cm³/mol. The first-order valence-electron chi connectivity index (χ1n) is 7.45. The van der Waals surface area contributed by atoms with Crippen molar-refractivity contribution >= 4 is 12.0 Å². The van der Waals surface area contributed by atoms with Gasteiger partial charge in [-0.3, -0.25) is 4.79 Å². The number of ether oxygens (including phenoxy) is 1. The van der Waals surface area contributed by atoms with Gasteiger partial charge in [0.2, 0.25) is 5.91 Å². The zero-order chi connectivity index (χ0) is 15.1. The van der Waals surface area contributed by atoms with Gasteiger partial charge in [-0.25, -0.2) is 4.79 Å². The highest BCUT2D eigenvalue weighted by Crippen LogP contribution is 2.23. The van der Waals surface area contributed by atoms with Crippen molar-refractivity contribution in [1.29, 1.82) is 0 Å². The Hall–Kier alpha value is -2.04. The number of carbonyl (C=O) groups excluding carboxylic acids is 2. The first kappa shape index (κ1) is 15.4. The lowest BCUT2D eigenvalue weighted by molar-refractivity contribution is -0.121.